The van der Waals surface area contributed by atoms with Crippen LogP contribution in [0, 0.1) is 6.85 Å². The van der Waals surface area contributed by atoms with Gasteiger partial charge in [-0.25, -0.2) is 4.98 Å². The fraction of sp³-hybridized carbons (Fsp3) is 0.254. The second-order valence-electron chi connectivity index (χ2n) is 24.5. The van der Waals surface area contributed by atoms with Crippen LogP contribution in [0.1, 0.15) is 122 Å². The van der Waals surface area contributed by atoms with Gasteiger partial charge in [0.2, 0.25) is 0 Å². The molecule has 0 bridgehead atoms. The monoisotopic (exact) mass is 1000 g/mol. The van der Waals surface area contributed by atoms with Gasteiger partial charge in [0, 0.05) is 50.0 Å². The lowest BCUT2D eigenvalue weighted by atomic mass is 9.78. The van der Waals surface area contributed by atoms with E-state index in [-0.39, 0.29) is 44.9 Å². The maximum absolute atomic E-state index is 9.29. The number of rotatable bonds is 8. The van der Waals surface area contributed by atoms with Crippen LogP contribution in [0.3, 0.4) is 0 Å². The molecule has 382 valence electrons. The molecular formula is C71H72N4O. The SMILES string of the molecule is [2H]c1c([2H])c([2H])c(-c2cccc(-c3cc(C(C)(C)C)cc(C(C)(C)C)c3)c2N2CN(c3cccc(Oc4ccc5c6cc(-c7cc(C(C)(C)C)cc(C(C)(C)C)c7)ccc6n(-c6cc(C([2H])([2H])[2H])ccn6)c5c4)c3)c3ccccc32)c([2H])c1[2H]. The van der Waals surface area contributed by atoms with Gasteiger partial charge in [-0.1, -0.05) is 192 Å². The molecule has 11 rings (SSSR count). The van der Waals surface area contributed by atoms with E-state index in [0.717, 1.165) is 72.2 Å². The number of hydrogen-bond donors (Lipinski definition) is 0. The molecule has 0 spiro atoms. The molecular weight excluding hydrogens is 925 g/mol. The van der Waals surface area contributed by atoms with E-state index in [4.69, 9.17) is 17.9 Å². The van der Waals surface area contributed by atoms with Gasteiger partial charge in [-0.05, 0) is 139 Å². The summed E-state index contributed by atoms with van der Waals surface area (Å²) in [5.74, 6) is 1.62. The Bertz CT molecular complexity index is 4170. The van der Waals surface area contributed by atoms with Crippen molar-refractivity contribution in [2.75, 3.05) is 16.5 Å². The predicted octanol–water partition coefficient (Wildman–Crippen LogP) is 19.7. The van der Waals surface area contributed by atoms with Crippen molar-refractivity contribution in [3.05, 3.63) is 216 Å². The van der Waals surface area contributed by atoms with Crippen LogP contribution in [0.15, 0.2) is 188 Å². The molecule has 0 fully saturated rings. The molecule has 1 aliphatic heterocycles. The van der Waals surface area contributed by atoms with Gasteiger partial charge in [-0.3, -0.25) is 4.57 Å². The number of benzene rings is 8. The Hall–Kier alpha value is -7.89. The molecule has 0 radical (unpaired) electrons. The number of anilines is 4. The second-order valence-corrected chi connectivity index (χ2v) is 24.5. The Morgan fingerprint density at radius 3 is 1.70 bits per heavy atom. The van der Waals surface area contributed by atoms with Crippen molar-refractivity contribution in [2.24, 2.45) is 0 Å². The van der Waals surface area contributed by atoms with Gasteiger partial charge in [0.15, 0.2) is 0 Å². The summed E-state index contributed by atoms with van der Waals surface area (Å²) in [6, 6.07) is 49.6. The Morgan fingerprint density at radius 1 is 0.474 bits per heavy atom. The summed E-state index contributed by atoms with van der Waals surface area (Å²) in [7, 11) is 0. The van der Waals surface area contributed by atoms with Crippen LogP contribution in [0.4, 0.5) is 22.7 Å². The zero-order valence-corrected chi connectivity index (χ0v) is 45.9. The van der Waals surface area contributed by atoms with E-state index in [0.29, 0.717) is 35.2 Å². The van der Waals surface area contributed by atoms with Crippen LogP contribution < -0.4 is 14.5 Å². The van der Waals surface area contributed by atoms with Gasteiger partial charge >= 0.3 is 0 Å². The van der Waals surface area contributed by atoms with E-state index in [2.05, 4.69) is 172 Å². The number of nitrogens with zero attached hydrogens (tertiary/aromatic N) is 4. The van der Waals surface area contributed by atoms with Crippen molar-refractivity contribution in [2.45, 2.75) is 112 Å². The Kier molecular flexibility index (Phi) is 10.2. The lowest BCUT2D eigenvalue weighted by Gasteiger charge is -2.29. The highest BCUT2D eigenvalue weighted by atomic mass is 16.5. The van der Waals surface area contributed by atoms with E-state index in [1.165, 1.54) is 11.1 Å². The maximum Gasteiger partial charge on any atom is 0.137 e. The summed E-state index contributed by atoms with van der Waals surface area (Å²) in [5.41, 5.74) is 14.2. The Labute approximate surface area is 462 Å². The molecule has 0 atom stereocenters. The number of aryl methyl sites for hydroxylation is 1. The standard InChI is InChI=1S/C71H72N4O/c1-46-33-34-72-66(35-46)75-62-32-29-48(49-36-51(68(2,3)4)41-52(37-49)69(5,6)7)40-61(62)60-31-30-57(44-65(60)75)76-56-24-19-23-55(43-56)73-45-74(64-28-18-17-27-63(64)73)67-58(47-21-15-14-16-22-47)25-20-26-59(67)50-38-53(70(8,9)10)42-54(39-50)71(11,12)13/h14-44H,45H2,1-13H3/i1D3,14D,15D,16D,21D,22D. The fourth-order valence-electron chi connectivity index (χ4n) is 10.5. The van der Waals surface area contributed by atoms with Crippen molar-refractivity contribution in [3.8, 4) is 50.7 Å². The molecule has 0 saturated carbocycles. The Balaban J connectivity index is 1.03. The summed E-state index contributed by atoms with van der Waals surface area (Å²) in [6.45, 7) is 24.7. The van der Waals surface area contributed by atoms with Crippen LogP contribution in [0.25, 0.3) is 61.0 Å². The van der Waals surface area contributed by atoms with Crippen LogP contribution >= 0.6 is 0 Å². The average Bonchev–Trinajstić information content (AvgIpc) is 1.65. The van der Waals surface area contributed by atoms with Crippen molar-refractivity contribution in [3.63, 3.8) is 0 Å². The first-order valence-electron chi connectivity index (χ1n) is 30.4. The van der Waals surface area contributed by atoms with Gasteiger partial charge in [-0.15, -0.1) is 0 Å². The predicted molar refractivity (Wildman–Crippen MR) is 323 cm³/mol. The first-order chi connectivity index (χ1) is 39.4. The summed E-state index contributed by atoms with van der Waals surface area (Å²) < 4.78 is 78.5. The maximum atomic E-state index is 9.29. The van der Waals surface area contributed by atoms with E-state index < -0.39 is 25.0 Å². The highest BCUT2D eigenvalue weighted by Gasteiger charge is 2.33. The topological polar surface area (TPSA) is 33.5 Å². The zero-order valence-electron chi connectivity index (χ0n) is 53.9. The van der Waals surface area contributed by atoms with Crippen molar-refractivity contribution < 1.29 is 15.7 Å². The van der Waals surface area contributed by atoms with Crippen LogP contribution in [0.2, 0.25) is 0 Å². The average molecular weight is 1010 g/mol. The van der Waals surface area contributed by atoms with Crippen molar-refractivity contribution in [1.29, 1.82) is 0 Å². The minimum Gasteiger partial charge on any atom is -0.457 e. The minimum atomic E-state index is -2.34. The summed E-state index contributed by atoms with van der Waals surface area (Å²) in [5, 5.41) is 1.94. The second kappa shape index (κ2) is 18.7. The molecule has 3 heterocycles. The molecule has 0 unspecified atom stereocenters. The lowest BCUT2D eigenvalue weighted by molar-refractivity contribution is 0.483. The number of fused-ring (bicyclic) bond motifs is 4. The van der Waals surface area contributed by atoms with Crippen LogP contribution in [0.5, 0.6) is 11.5 Å². The number of pyridine rings is 1. The van der Waals surface area contributed by atoms with Gasteiger partial charge in [-0.2, -0.15) is 0 Å². The quantitative estimate of drug-likeness (QED) is 0.152. The van der Waals surface area contributed by atoms with E-state index in [1.54, 1.807) is 18.3 Å². The van der Waals surface area contributed by atoms with E-state index >= 15 is 0 Å². The van der Waals surface area contributed by atoms with E-state index in [9.17, 15) is 2.74 Å². The summed E-state index contributed by atoms with van der Waals surface area (Å²) in [4.78, 5) is 9.19. The molecule has 1 aliphatic rings. The highest BCUT2D eigenvalue weighted by molar-refractivity contribution is 6.11. The molecule has 8 aromatic carbocycles. The molecule has 0 saturated heterocycles. The molecule has 2 aromatic heterocycles. The molecule has 5 heteroatoms. The smallest absolute Gasteiger partial charge is 0.137 e. The first kappa shape index (κ1) is 41.4. The largest absolute Gasteiger partial charge is 0.457 e. The Morgan fingerprint density at radius 2 is 1.07 bits per heavy atom. The number of hydrogen-bond acceptors (Lipinski definition) is 4. The van der Waals surface area contributed by atoms with Gasteiger partial charge in [0.05, 0.1) is 34.9 Å². The van der Waals surface area contributed by atoms with Gasteiger partial charge in [0.25, 0.3) is 0 Å². The summed E-state index contributed by atoms with van der Waals surface area (Å²) in [6.07, 6.45) is 1.56. The summed E-state index contributed by atoms with van der Waals surface area (Å²) >= 11 is 0. The molecule has 0 N–H and O–H groups in total. The minimum absolute atomic E-state index is 0.0715. The molecule has 0 aliphatic carbocycles. The van der Waals surface area contributed by atoms with Crippen LogP contribution in [-0.4, -0.2) is 16.2 Å². The highest BCUT2D eigenvalue weighted by Crippen LogP contribution is 2.51. The molecule has 76 heavy (non-hydrogen) atoms. The number of para-hydroxylation sites is 3. The molecule has 5 nitrogen and oxygen atoms in total. The third kappa shape index (κ3) is 9.57. The van der Waals surface area contributed by atoms with Gasteiger partial charge < -0.3 is 14.5 Å². The number of ether oxygens (including phenoxy) is 1. The van der Waals surface area contributed by atoms with Gasteiger partial charge in [0.1, 0.15) is 24.0 Å². The third-order valence-corrected chi connectivity index (χ3v) is 14.9. The zero-order chi connectivity index (χ0) is 60.3. The fourth-order valence-corrected chi connectivity index (χ4v) is 10.5. The van der Waals surface area contributed by atoms with Crippen LogP contribution in [-0.2, 0) is 21.7 Å². The number of aromatic nitrogens is 2. The van der Waals surface area contributed by atoms with Crippen molar-refractivity contribution in [1.82, 2.24) is 9.55 Å². The third-order valence-electron chi connectivity index (χ3n) is 14.9. The molecule has 0 amide bonds. The van der Waals surface area contributed by atoms with Crippen molar-refractivity contribution >= 4 is 44.6 Å². The normalized spacial score (nSPS) is 14.9. The first-order valence-corrected chi connectivity index (χ1v) is 26.4. The van der Waals surface area contributed by atoms with E-state index in [1.807, 2.05) is 65.2 Å². The molecule has 10 aromatic rings. The lowest BCUT2D eigenvalue weighted by Crippen LogP contribution is -2.25.